The maximum absolute atomic E-state index is 11.1. The Morgan fingerprint density at radius 3 is 2.46 bits per heavy atom. The standard InChI is InChI=1S/C27H35N3O5/c1-6-23-25(30-27(35-23)19-7-8-21(28-12-19)9-16(2)3)20-10-17(4)26(18(5)11-20)34-15-22(32)13-29-24(33)14-31/h7-8,10-12,16,22,31-32H,6,9,13-15H2,1-5H3,(H,29,33). The van der Waals surface area contributed by atoms with Gasteiger partial charge in [-0.25, -0.2) is 4.98 Å². The number of hydrogen-bond acceptors (Lipinski definition) is 7. The smallest absolute Gasteiger partial charge is 0.245 e. The van der Waals surface area contributed by atoms with Crippen LogP contribution in [0.15, 0.2) is 34.9 Å². The Bertz CT molecular complexity index is 1120. The molecule has 0 aliphatic carbocycles. The number of oxazole rings is 1. The fourth-order valence-electron chi connectivity index (χ4n) is 3.87. The summed E-state index contributed by atoms with van der Waals surface area (Å²) in [4.78, 5) is 20.5. The number of carbonyl (C=O) groups is 1. The normalized spacial score (nSPS) is 12.1. The Balaban J connectivity index is 1.78. The molecule has 0 bridgehead atoms. The highest BCUT2D eigenvalue weighted by atomic mass is 16.5. The molecule has 35 heavy (non-hydrogen) atoms. The number of aromatic nitrogens is 2. The number of nitrogens with zero attached hydrogens (tertiary/aromatic N) is 2. The van der Waals surface area contributed by atoms with Gasteiger partial charge in [0.25, 0.3) is 0 Å². The first kappa shape index (κ1) is 26.4. The van der Waals surface area contributed by atoms with E-state index in [0.29, 0.717) is 24.0 Å². The number of carbonyl (C=O) groups excluding carboxylic acids is 1. The summed E-state index contributed by atoms with van der Waals surface area (Å²) >= 11 is 0. The molecule has 0 fully saturated rings. The van der Waals surface area contributed by atoms with Crippen molar-refractivity contribution in [1.82, 2.24) is 15.3 Å². The van der Waals surface area contributed by atoms with Crippen LogP contribution in [-0.4, -0.2) is 52.0 Å². The maximum atomic E-state index is 11.1. The summed E-state index contributed by atoms with van der Waals surface area (Å²) in [5.74, 6) is 2.02. The third-order valence-corrected chi connectivity index (χ3v) is 5.54. The number of amides is 1. The summed E-state index contributed by atoms with van der Waals surface area (Å²) in [7, 11) is 0. The first-order valence-corrected chi connectivity index (χ1v) is 12.0. The van der Waals surface area contributed by atoms with E-state index < -0.39 is 18.6 Å². The molecule has 1 amide bonds. The molecular weight excluding hydrogens is 446 g/mol. The van der Waals surface area contributed by atoms with Crippen LogP contribution in [0.2, 0.25) is 0 Å². The SMILES string of the molecule is CCc1oc(-c2ccc(CC(C)C)nc2)nc1-c1cc(C)c(OCC(O)CNC(=O)CO)c(C)c1. The zero-order chi connectivity index (χ0) is 25.5. The van der Waals surface area contributed by atoms with Crippen molar-refractivity contribution < 1.29 is 24.2 Å². The molecule has 0 saturated heterocycles. The molecule has 0 saturated carbocycles. The van der Waals surface area contributed by atoms with Gasteiger partial charge in [-0.1, -0.05) is 20.8 Å². The average Bonchev–Trinajstić information content (AvgIpc) is 3.26. The van der Waals surface area contributed by atoms with E-state index in [4.69, 9.17) is 19.2 Å². The quantitative estimate of drug-likeness (QED) is 0.383. The van der Waals surface area contributed by atoms with Crippen LogP contribution in [0.5, 0.6) is 5.75 Å². The van der Waals surface area contributed by atoms with Gasteiger partial charge < -0.3 is 24.7 Å². The molecule has 8 nitrogen and oxygen atoms in total. The van der Waals surface area contributed by atoms with Crippen molar-refractivity contribution in [3.63, 3.8) is 0 Å². The lowest BCUT2D eigenvalue weighted by Crippen LogP contribution is -2.36. The van der Waals surface area contributed by atoms with Crippen molar-refractivity contribution in [2.75, 3.05) is 19.8 Å². The number of aliphatic hydroxyl groups excluding tert-OH is 2. The van der Waals surface area contributed by atoms with Crippen LogP contribution in [0.1, 0.15) is 43.4 Å². The van der Waals surface area contributed by atoms with E-state index >= 15 is 0 Å². The van der Waals surface area contributed by atoms with Crippen LogP contribution in [0, 0.1) is 19.8 Å². The summed E-state index contributed by atoms with van der Waals surface area (Å²) in [6.45, 7) is 9.66. The van der Waals surface area contributed by atoms with E-state index in [1.807, 2.05) is 51.2 Å². The molecule has 0 aliphatic heterocycles. The van der Waals surface area contributed by atoms with Crippen molar-refractivity contribution >= 4 is 5.91 Å². The number of aliphatic hydroxyl groups is 2. The zero-order valence-corrected chi connectivity index (χ0v) is 21.1. The number of benzene rings is 1. The molecule has 188 valence electrons. The number of aryl methyl sites for hydroxylation is 3. The molecular formula is C27H35N3O5. The van der Waals surface area contributed by atoms with Gasteiger partial charge in [0, 0.05) is 30.4 Å². The lowest BCUT2D eigenvalue weighted by Gasteiger charge is -2.17. The van der Waals surface area contributed by atoms with Crippen molar-refractivity contribution in [2.45, 2.75) is 53.6 Å². The average molecular weight is 482 g/mol. The molecule has 0 aliphatic rings. The van der Waals surface area contributed by atoms with Gasteiger partial charge in [-0.3, -0.25) is 9.78 Å². The van der Waals surface area contributed by atoms with Crippen LogP contribution in [0.4, 0.5) is 0 Å². The highest BCUT2D eigenvalue weighted by Gasteiger charge is 2.18. The number of rotatable bonds is 11. The molecule has 3 rings (SSSR count). The Labute approximate surface area is 206 Å². The minimum absolute atomic E-state index is 0.00442. The van der Waals surface area contributed by atoms with Crippen molar-refractivity contribution in [2.24, 2.45) is 5.92 Å². The zero-order valence-electron chi connectivity index (χ0n) is 21.1. The topological polar surface area (TPSA) is 118 Å². The van der Waals surface area contributed by atoms with Gasteiger partial charge in [0.2, 0.25) is 11.8 Å². The molecule has 3 aromatic rings. The monoisotopic (exact) mass is 481 g/mol. The lowest BCUT2D eigenvalue weighted by atomic mass is 10.0. The van der Waals surface area contributed by atoms with E-state index in [0.717, 1.165) is 45.8 Å². The number of pyridine rings is 1. The van der Waals surface area contributed by atoms with Crippen molar-refractivity contribution in [1.29, 1.82) is 0 Å². The summed E-state index contributed by atoms with van der Waals surface area (Å²) < 4.78 is 11.9. The Kier molecular flexibility index (Phi) is 9.01. The molecule has 1 unspecified atom stereocenters. The van der Waals surface area contributed by atoms with Crippen LogP contribution in [0.25, 0.3) is 22.7 Å². The predicted molar refractivity (Wildman–Crippen MR) is 134 cm³/mol. The van der Waals surface area contributed by atoms with E-state index in [9.17, 15) is 9.90 Å². The molecule has 8 heteroatoms. The third-order valence-electron chi connectivity index (χ3n) is 5.54. The summed E-state index contributed by atoms with van der Waals surface area (Å²) in [5, 5.41) is 21.2. The fourth-order valence-corrected chi connectivity index (χ4v) is 3.87. The van der Waals surface area contributed by atoms with Crippen molar-refractivity contribution in [3.05, 3.63) is 53.0 Å². The van der Waals surface area contributed by atoms with Crippen LogP contribution < -0.4 is 10.1 Å². The molecule has 2 heterocycles. The largest absolute Gasteiger partial charge is 0.490 e. The molecule has 3 N–H and O–H groups in total. The number of hydrogen-bond donors (Lipinski definition) is 3. The second kappa shape index (κ2) is 12.0. The van der Waals surface area contributed by atoms with Gasteiger partial charge in [0.05, 0.1) is 5.56 Å². The van der Waals surface area contributed by atoms with E-state index in [1.165, 1.54) is 0 Å². The van der Waals surface area contributed by atoms with Gasteiger partial charge in [-0.05, 0) is 61.6 Å². The summed E-state index contributed by atoms with van der Waals surface area (Å²) in [5.41, 5.74) is 5.41. The van der Waals surface area contributed by atoms with Gasteiger partial charge in [-0.2, -0.15) is 0 Å². The van der Waals surface area contributed by atoms with Gasteiger partial charge in [0.1, 0.15) is 36.5 Å². The third kappa shape index (κ3) is 6.90. The summed E-state index contributed by atoms with van der Waals surface area (Å²) in [6.07, 6.45) is 2.55. The minimum atomic E-state index is -0.894. The first-order valence-electron chi connectivity index (χ1n) is 12.0. The molecule has 0 radical (unpaired) electrons. The molecule has 1 atom stereocenters. The van der Waals surface area contributed by atoms with Gasteiger partial charge in [0.15, 0.2) is 0 Å². The second-order valence-corrected chi connectivity index (χ2v) is 9.15. The van der Waals surface area contributed by atoms with Gasteiger partial charge >= 0.3 is 0 Å². The fraction of sp³-hybridized carbons (Fsp3) is 0.444. The van der Waals surface area contributed by atoms with Crippen LogP contribution in [-0.2, 0) is 17.6 Å². The predicted octanol–water partition coefficient (Wildman–Crippen LogP) is 3.63. The Morgan fingerprint density at radius 1 is 1.17 bits per heavy atom. The maximum Gasteiger partial charge on any atom is 0.245 e. The van der Waals surface area contributed by atoms with Gasteiger partial charge in [-0.15, -0.1) is 0 Å². The molecule has 2 aromatic heterocycles. The number of ether oxygens (including phenoxy) is 1. The summed E-state index contributed by atoms with van der Waals surface area (Å²) in [6, 6.07) is 8.01. The first-order chi connectivity index (χ1) is 16.7. The second-order valence-electron chi connectivity index (χ2n) is 9.15. The van der Waals surface area contributed by atoms with Crippen LogP contribution in [0.3, 0.4) is 0 Å². The Hall–Kier alpha value is -3.23. The van der Waals surface area contributed by atoms with E-state index in [1.54, 1.807) is 0 Å². The molecule has 1 aromatic carbocycles. The van der Waals surface area contributed by atoms with Crippen molar-refractivity contribution in [3.8, 4) is 28.5 Å². The van der Waals surface area contributed by atoms with E-state index in [-0.39, 0.29) is 13.2 Å². The minimum Gasteiger partial charge on any atom is -0.490 e. The molecule has 0 spiro atoms. The Morgan fingerprint density at radius 2 is 1.89 bits per heavy atom. The number of nitrogens with one attached hydrogen (secondary N) is 1. The van der Waals surface area contributed by atoms with E-state index in [2.05, 4.69) is 24.1 Å². The van der Waals surface area contributed by atoms with Crippen LogP contribution >= 0.6 is 0 Å². The lowest BCUT2D eigenvalue weighted by molar-refractivity contribution is -0.124. The highest BCUT2D eigenvalue weighted by Crippen LogP contribution is 2.34. The highest BCUT2D eigenvalue weighted by molar-refractivity contribution is 5.76.